The molecule has 2 bridgehead atoms. The minimum Gasteiger partial charge on any atom is -0.508 e. The lowest BCUT2D eigenvalue weighted by atomic mass is 9.97. The first kappa shape index (κ1) is 87.1. The highest BCUT2D eigenvalue weighted by Crippen LogP contribution is 2.23. The van der Waals surface area contributed by atoms with Gasteiger partial charge >= 0.3 is 17.9 Å². The molecule has 18 N–H and O–H groups in total. The van der Waals surface area contributed by atoms with E-state index in [1.54, 1.807) is 13.8 Å². The summed E-state index contributed by atoms with van der Waals surface area (Å²) in [6.07, 6.45) is 5.34. The summed E-state index contributed by atoms with van der Waals surface area (Å²) < 4.78 is 5.82. The van der Waals surface area contributed by atoms with Gasteiger partial charge in [-0.3, -0.25) is 62.3 Å². The van der Waals surface area contributed by atoms with Crippen LogP contribution in [-0.4, -0.2) is 199 Å². The van der Waals surface area contributed by atoms with Crippen molar-refractivity contribution in [3.8, 4) is 11.5 Å². The third kappa shape index (κ3) is 31.0. The van der Waals surface area contributed by atoms with E-state index in [1.807, 2.05) is 0 Å². The first-order valence-corrected chi connectivity index (χ1v) is 36.3. The number of ether oxygens (including phenoxy) is 1. The summed E-state index contributed by atoms with van der Waals surface area (Å²) in [6, 6.07) is -4.87. The summed E-state index contributed by atoms with van der Waals surface area (Å²) in [5.41, 5.74) is 12.0. The van der Waals surface area contributed by atoms with Crippen LogP contribution in [0.3, 0.4) is 0 Å². The topological polar surface area (TPSA) is 513 Å². The number of rotatable bonds is 36. The first-order chi connectivity index (χ1) is 49.4. The van der Waals surface area contributed by atoms with Crippen molar-refractivity contribution < 1.29 is 97.4 Å². The number of phenolic OH excluding ortho intramolecular Hbond substituents is 1. The number of nitrogens with two attached hydrogens (primary N) is 2. The first-order valence-electron chi connectivity index (χ1n) is 36.3. The largest absolute Gasteiger partial charge is 0.508 e. The van der Waals surface area contributed by atoms with Gasteiger partial charge < -0.3 is 94.5 Å². The zero-order chi connectivity index (χ0) is 77.0. The quantitative estimate of drug-likeness (QED) is 0.0196. The number of phenols is 1. The average molecular weight is 1460 g/mol. The fourth-order valence-electron chi connectivity index (χ4n) is 12.1. The van der Waals surface area contributed by atoms with Gasteiger partial charge in [-0.05, 0) is 113 Å². The van der Waals surface area contributed by atoms with Crippen molar-refractivity contribution in [3.63, 3.8) is 0 Å². The molecular formula is C72H110N12O20. The molecule has 0 spiro atoms. The molecule has 0 radical (unpaired) electrons. The van der Waals surface area contributed by atoms with Crippen LogP contribution in [0.25, 0.3) is 0 Å². The number of benzene rings is 2. The third-order valence-corrected chi connectivity index (χ3v) is 18.4. The van der Waals surface area contributed by atoms with E-state index >= 15 is 0 Å². The maximum atomic E-state index is 14.8. The fraction of sp³-hybridized carbons (Fsp3) is 0.639. The number of hydrogen-bond donors (Lipinski definition) is 16. The second-order valence-electron chi connectivity index (χ2n) is 27.1. The number of nitrogens with zero attached hydrogens (tertiary/aromatic N) is 1. The summed E-state index contributed by atoms with van der Waals surface area (Å²) in [6.45, 7) is 7.83. The van der Waals surface area contributed by atoms with Crippen molar-refractivity contribution >= 4 is 82.9 Å². The molecule has 32 nitrogen and oxygen atoms in total. The Bertz CT molecular complexity index is 3190. The second-order valence-corrected chi connectivity index (χ2v) is 27.1. The van der Waals surface area contributed by atoms with Crippen molar-refractivity contribution in [3.05, 3.63) is 59.7 Å². The Hall–Kier alpha value is -9.30. The van der Waals surface area contributed by atoms with Crippen LogP contribution in [0.5, 0.6) is 11.5 Å². The number of fused-ring (bicyclic) bond motifs is 23. The van der Waals surface area contributed by atoms with Crippen molar-refractivity contribution in [2.75, 3.05) is 13.1 Å². The Balaban J connectivity index is 1.75. The van der Waals surface area contributed by atoms with Gasteiger partial charge in [-0.2, -0.15) is 0 Å². The molecule has 2 aromatic carbocycles. The molecule has 1 unspecified atom stereocenters. The van der Waals surface area contributed by atoms with Crippen molar-refractivity contribution in [1.29, 1.82) is 0 Å². The molecule has 0 aliphatic carbocycles. The minimum absolute atomic E-state index is 0.0222. The van der Waals surface area contributed by atoms with Crippen molar-refractivity contribution in [2.45, 2.75) is 274 Å². The maximum absolute atomic E-state index is 14.8. The number of aromatic hydroxyl groups is 1. The van der Waals surface area contributed by atoms with Crippen LogP contribution in [0.4, 0.5) is 0 Å². The Morgan fingerprint density at radius 2 is 1.17 bits per heavy atom. The SMILES string of the molecule is CCCCCCCCCCCCCC(O)CC(=O)N[C@@H](CCC(=O)O)C(=O)N[C@H](CCCN)C(=O)N[C@H]1Cc2ccc(cc2)OC(=O)[C@H]([C@@H](C)CC)NC(=O)[C@@H](Cc2ccc(O)cc2)NC(=O)[C@H](CCC(N)=O)NC(=O)[C@@H]2CCCN2C(=O)[C@@H](C)NC(=O)[C@H](CCC(=O)O)NC(=O)[C@@H]([C@H](C)O)NC1=O. The maximum Gasteiger partial charge on any atom is 0.334 e. The van der Waals surface area contributed by atoms with Gasteiger partial charge in [-0.25, -0.2) is 4.79 Å². The molecule has 11 amide bonds. The van der Waals surface area contributed by atoms with Gasteiger partial charge in [-0.15, -0.1) is 0 Å². The molecule has 13 atom stereocenters. The number of aliphatic hydroxyl groups excluding tert-OH is 2. The van der Waals surface area contributed by atoms with E-state index in [1.165, 1.54) is 87.6 Å². The zero-order valence-electron chi connectivity index (χ0n) is 60.4. The molecule has 5 rings (SSSR count). The van der Waals surface area contributed by atoms with Crippen LogP contribution in [0.15, 0.2) is 48.5 Å². The van der Waals surface area contributed by atoms with E-state index in [2.05, 4.69) is 54.8 Å². The Morgan fingerprint density at radius 1 is 0.615 bits per heavy atom. The molecule has 3 aliphatic rings. The van der Waals surface area contributed by atoms with Gasteiger partial charge in [0.2, 0.25) is 65.0 Å². The monoisotopic (exact) mass is 1460 g/mol. The highest BCUT2D eigenvalue weighted by Gasteiger charge is 2.41. The molecule has 1 fully saturated rings. The van der Waals surface area contributed by atoms with Gasteiger partial charge in [0.25, 0.3) is 0 Å². The average Bonchev–Trinajstić information content (AvgIpc) is 1.55. The summed E-state index contributed by atoms with van der Waals surface area (Å²) in [7, 11) is 0. The summed E-state index contributed by atoms with van der Waals surface area (Å²) in [4.78, 5) is 195. The molecule has 3 aliphatic heterocycles. The number of carboxylic acids is 2. The predicted octanol–water partition coefficient (Wildman–Crippen LogP) is 1.08. The normalized spacial score (nSPS) is 21.9. The van der Waals surface area contributed by atoms with E-state index in [0.717, 1.165) is 43.9 Å². The second kappa shape index (κ2) is 45.7. The van der Waals surface area contributed by atoms with Crippen LogP contribution >= 0.6 is 0 Å². The number of esters is 1. The standard InChI is InChI=1S/C72H110N12O20/c1-6-8-9-10-11-12-13-14-15-16-17-20-48(87)41-58(89)76-51(32-35-59(90)91)65(96)77-50(21-18-37-73)64(95)80-55-40-46-25-29-49(30-26-46)104-72(103)61(42(3)7-2)82-67(98)54(39-45-23-27-47(86)28-24-45)81-66(97)52(31-34-57(74)88)78-69(100)56-22-19-38-84(56)71(102)43(4)75-63(94)53(33-36-60(92)93)79-70(101)62(44(5)85)83-68(55)99/h23-30,42-44,48,50-56,61-62,85-87H,6-22,31-41,73H2,1-5H3,(H2,74,88)(H,75,94)(H,76,89)(H,77,96)(H,78,100)(H,79,101)(H,80,95)(H,81,97)(H,82,98)(H,83,99)(H,90,91)(H,92,93)/t42-,43+,44-,48?,50+,51-,52-,53-,54+,55-,56-,61-,62+/m0/s1. The summed E-state index contributed by atoms with van der Waals surface area (Å²) >= 11 is 0. The van der Waals surface area contributed by atoms with E-state index in [4.69, 9.17) is 16.2 Å². The molecule has 0 aromatic heterocycles. The number of carboxylic acid groups (broad SMARTS) is 2. The number of carbonyl (C=O) groups is 14. The number of aliphatic hydroxyl groups is 2. The van der Waals surface area contributed by atoms with Gasteiger partial charge in [0.05, 0.1) is 18.6 Å². The smallest absolute Gasteiger partial charge is 0.334 e. The van der Waals surface area contributed by atoms with Crippen LogP contribution < -0.4 is 64.1 Å². The molecule has 104 heavy (non-hydrogen) atoms. The highest BCUT2D eigenvalue weighted by molar-refractivity contribution is 5.99. The van der Waals surface area contributed by atoms with E-state index in [0.29, 0.717) is 24.8 Å². The fourth-order valence-corrected chi connectivity index (χ4v) is 12.1. The van der Waals surface area contributed by atoms with Crippen molar-refractivity contribution in [1.82, 2.24) is 52.8 Å². The number of carbonyl (C=O) groups excluding carboxylic acids is 12. The minimum atomic E-state index is -1.98. The number of primary amides is 1. The summed E-state index contributed by atoms with van der Waals surface area (Å²) in [5, 5.41) is 74.1. The van der Waals surface area contributed by atoms with Crippen LogP contribution in [0.2, 0.25) is 0 Å². The lowest BCUT2D eigenvalue weighted by Crippen LogP contribution is -2.62. The van der Waals surface area contributed by atoms with E-state index in [-0.39, 0.29) is 62.3 Å². The van der Waals surface area contributed by atoms with Gasteiger partial charge in [0.1, 0.15) is 71.9 Å². The Kier molecular flexibility index (Phi) is 38.3. The lowest BCUT2D eigenvalue weighted by Gasteiger charge is -2.30. The molecular weight excluding hydrogens is 1350 g/mol. The number of unbranched alkanes of at least 4 members (excludes halogenated alkanes) is 10. The summed E-state index contributed by atoms with van der Waals surface area (Å²) in [5.74, 6) is -15.4. The third-order valence-electron chi connectivity index (χ3n) is 18.4. The highest BCUT2D eigenvalue weighted by atomic mass is 16.5. The number of hydrogen-bond acceptors (Lipinski definition) is 19. The van der Waals surface area contributed by atoms with E-state index in [9.17, 15) is 92.7 Å². The number of nitrogens with one attached hydrogen (secondary N) is 9. The lowest BCUT2D eigenvalue weighted by molar-refractivity contribution is -0.143. The molecule has 578 valence electrons. The predicted molar refractivity (Wildman–Crippen MR) is 379 cm³/mol. The molecule has 0 saturated carbocycles. The van der Waals surface area contributed by atoms with Crippen LogP contribution in [0, 0.1) is 5.92 Å². The number of aliphatic carboxylic acids is 2. The number of amides is 11. The molecule has 1 saturated heterocycles. The molecule has 32 heteroatoms. The van der Waals surface area contributed by atoms with Gasteiger partial charge in [0.15, 0.2) is 0 Å². The Morgan fingerprint density at radius 3 is 1.76 bits per heavy atom. The van der Waals surface area contributed by atoms with Crippen molar-refractivity contribution in [2.24, 2.45) is 17.4 Å². The van der Waals surface area contributed by atoms with E-state index < -0.39 is 213 Å². The van der Waals surface area contributed by atoms with Crippen LogP contribution in [0.1, 0.15) is 200 Å². The molecule has 3 heterocycles. The van der Waals surface area contributed by atoms with Gasteiger partial charge in [-0.1, -0.05) is 122 Å². The zero-order valence-corrected chi connectivity index (χ0v) is 60.4. The van der Waals surface area contributed by atoms with Gasteiger partial charge in [0, 0.05) is 38.6 Å². The molecule has 2 aromatic rings. The Labute approximate surface area is 606 Å². The van der Waals surface area contributed by atoms with Crippen LogP contribution in [-0.2, 0) is 80.0 Å².